The van der Waals surface area contributed by atoms with Gasteiger partial charge in [-0.05, 0) is 35.9 Å². The van der Waals surface area contributed by atoms with Gasteiger partial charge < -0.3 is 14.5 Å². The first-order valence-corrected chi connectivity index (χ1v) is 6.60. The molecule has 1 heterocycles. The molecule has 0 atom stereocenters. The quantitative estimate of drug-likeness (QED) is 0.627. The van der Waals surface area contributed by atoms with Gasteiger partial charge in [0.05, 0.1) is 12.8 Å². The fourth-order valence-corrected chi connectivity index (χ4v) is 1.65. The number of ether oxygens (including phenoxy) is 1. The number of carbonyl (C=O) groups is 1. The van der Waals surface area contributed by atoms with Crippen LogP contribution in [0.3, 0.4) is 0 Å². The van der Waals surface area contributed by atoms with E-state index in [1.807, 2.05) is 30.3 Å². The van der Waals surface area contributed by atoms with Crippen LogP contribution in [0.4, 0.5) is 0 Å². The standard InChI is InChI=1S/C17H17NO3/c1-2-11-20-15-8-5-14(6-9-15)7-10-17(19)18-13-16-4-3-12-21-16/h2-10,12H,1,11,13H2,(H,18,19)/b10-7+. The van der Waals surface area contributed by atoms with Gasteiger partial charge in [-0.2, -0.15) is 0 Å². The number of carbonyl (C=O) groups excluding carboxylic acids is 1. The van der Waals surface area contributed by atoms with Crippen molar-refractivity contribution in [2.75, 3.05) is 6.61 Å². The van der Waals surface area contributed by atoms with E-state index in [1.54, 1.807) is 24.5 Å². The van der Waals surface area contributed by atoms with Crippen LogP contribution in [0.5, 0.6) is 5.75 Å². The highest BCUT2D eigenvalue weighted by Crippen LogP contribution is 2.13. The minimum atomic E-state index is -0.168. The third kappa shape index (κ3) is 5.03. The summed E-state index contributed by atoms with van der Waals surface area (Å²) in [6, 6.07) is 11.1. The smallest absolute Gasteiger partial charge is 0.244 e. The van der Waals surface area contributed by atoms with Gasteiger partial charge in [-0.1, -0.05) is 24.8 Å². The van der Waals surface area contributed by atoms with Crippen LogP contribution in [0.15, 0.2) is 65.8 Å². The van der Waals surface area contributed by atoms with E-state index in [9.17, 15) is 4.79 Å². The third-order valence-corrected chi connectivity index (χ3v) is 2.69. The molecule has 0 saturated heterocycles. The first-order valence-electron chi connectivity index (χ1n) is 6.60. The Morgan fingerprint density at radius 3 is 2.76 bits per heavy atom. The molecule has 4 heteroatoms. The molecule has 0 spiro atoms. The monoisotopic (exact) mass is 283 g/mol. The van der Waals surface area contributed by atoms with Crippen LogP contribution in [-0.4, -0.2) is 12.5 Å². The number of rotatable bonds is 7. The van der Waals surface area contributed by atoms with Gasteiger partial charge in [0.2, 0.25) is 5.91 Å². The van der Waals surface area contributed by atoms with Crippen molar-refractivity contribution in [1.29, 1.82) is 0 Å². The van der Waals surface area contributed by atoms with E-state index in [2.05, 4.69) is 11.9 Å². The largest absolute Gasteiger partial charge is 0.490 e. The van der Waals surface area contributed by atoms with Crippen molar-refractivity contribution in [3.8, 4) is 5.75 Å². The third-order valence-electron chi connectivity index (χ3n) is 2.69. The van der Waals surface area contributed by atoms with Crippen molar-refractivity contribution in [1.82, 2.24) is 5.32 Å². The fraction of sp³-hybridized carbons (Fsp3) is 0.118. The van der Waals surface area contributed by atoms with E-state index in [0.717, 1.165) is 17.1 Å². The Kier molecular flexibility index (Phi) is 5.41. The number of hydrogen-bond acceptors (Lipinski definition) is 3. The summed E-state index contributed by atoms with van der Waals surface area (Å²) >= 11 is 0. The molecule has 0 aliphatic rings. The molecule has 0 aliphatic carbocycles. The molecule has 4 nitrogen and oxygen atoms in total. The topological polar surface area (TPSA) is 51.5 Å². The number of amides is 1. The first-order chi connectivity index (χ1) is 10.3. The highest BCUT2D eigenvalue weighted by molar-refractivity contribution is 5.91. The van der Waals surface area contributed by atoms with E-state index >= 15 is 0 Å². The average molecular weight is 283 g/mol. The maximum absolute atomic E-state index is 11.6. The van der Waals surface area contributed by atoms with Crippen LogP contribution >= 0.6 is 0 Å². The van der Waals surface area contributed by atoms with Crippen molar-refractivity contribution >= 4 is 12.0 Å². The second-order valence-electron chi connectivity index (χ2n) is 4.30. The van der Waals surface area contributed by atoms with Crippen LogP contribution in [0.25, 0.3) is 6.08 Å². The molecule has 1 N–H and O–H groups in total. The Bertz CT molecular complexity index is 597. The van der Waals surface area contributed by atoms with Gasteiger partial charge in [-0.3, -0.25) is 4.79 Å². The van der Waals surface area contributed by atoms with Gasteiger partial charge in [-0.15, -0.1) is 0 Å². The summed E-state index contributed by atoms with van der Waals surface area (Å²) in [5.41, 5.74) is 0.925. The summed E-state index contributed by atoms with van der Waals surface area (Å²) < 4.78 is 10.5. The Morgan fingerprint density at radius 1 is 1.29 bits per heavy atom. The summed E-state index contributed by atoms with van der Waals surface area (Å²) in [5, 5.41) is 2.74. The molecule has 21 heavy (non-hydrogen) atoms. The number of benzene rings is 1. The molecule has 0 bridgehead atoms. The van der Waals surface area contributed by atoms with Crippen LogP contribution in [0, 0.1) is 0 Å². The summed E-state index contributed by atoms with van der Waals surface area (Å²) in [5.74, 6) is 1.33. The summed E-state index contributed by atoms with van der Waals surface area (Å²) in [4.78, 5) is 11.6. The molecule has 1 aromatic heterocycles. The average Bonchev–Trinajstić information content (AvgIpc) is 3.03. The Morgan fingerprint density at radius 2 is 2.10 bits per heavy atom. The molecule has 1 amide bonds. The van der Waals surface area contributed by atoms with Crippen molar-refractivity contribution in [2.24, 2.45) is 0 Å². The molecule has 1 aromatic carbocycles. The van der Waals surface area contributed by atoms with Gasteiger partial charge in [0.15, 0.2) is 0 Å². The van der Waals surface area contributed by atoms with Crippen molar-refractivity contribution in [3.05, 3.63) is 72.7 Å². The Hall–Kier alpha value is -2.75. The molecular formula is C17H17NO3. The predicted molar refractivity (Wildman–Crippen MR) is 81.7 cm³/mol. The van der Waals surface area contributed by atoms with Gasteiger partial charge in [0, 0.05) is 6.08 Å². The van der Waals surface area contributed by atoms with E-state index < -0.39 is 0 Å². The predicted octanol–water partition coefficient (Wildman–Crippen LogP) is 3.17. The van der Waals surface area contributed by atoms with Crippen molar-refractivity contribution in [2.45, 2.75) is 6.54 Å². The summed E-state index contributed by atoms with van der Waals surface area (Å²) in [7, 11) is 0. The van der Waals surface area contributed by atoms with Gasteiger partial charge >= 0.3 is 0 Å². The highest BCUT2D eigenvalue weighted by Gasteiger charge is 1.98. The SMILES string of the molecule is C=CCOc1ccc(/C=C/C(=O)NCc2ccco2)cc1. The molecule has 108 valence electrons. The molecule has 0 aliphatic heterocycles. The molecule has 0 fully saturated rings. The second kappa shape index (κ2) is 7.75. The molecule has 0 saturated carbocycles. The molecular weight excluding hydrogens is 266 g/mol. The van der Waals surface area contributed by atoms with E-state index in [1.165, 1.54) is 6.08 Å². The second-order valence-corrected chi connectivity index (χ2v) is 4.30. The van der Waals surface area contributed by atoms with Gasteiger partial charge in [0.1, 0.15) is 18.1 Å². The molecule has 0 unspecified atom stereocenters. The Balaban J connectivity index is 1.82. The molecule has 2 aromatic rings. The molecule has 2 rings (SSSR count). The lowest BCUT2D eigenvalue weighted by molar-refractivity contribution is -0.116. The summed E-state index contributed by atoms with van der Waals surface area (Å²) in [6.07, 6.45) is 6.50. The van der Waals surface area contributed by atoms with E-state index in [0.29, 0.717) is 13.2 Å². The zero-order valence-electron chi connectivity index (χ0n) is 11.6. The fourth-order valence-electron chi connectivity index (χ4n) is 1.65. The van der Waals surface area contributed by atoms with Crippen molar-refractivity contribution < 1.29 is 13.9 Å². The van der Waals surface area contributed by atoms with Gasteiger partial charge in [0.25, 0.3) is 0 Å². The lowest BCUT2D eigenvalue weighted by atomic mass is 10.2. The lowest BCUT2D eigenvalue weighted by Gasteiger charge is -2.02. The van der Waals surface area contributed by atoms with Crippen LogP contribution < -0.4 is 10.1 Å². The normalized spacial score (nSPS) is 10.5. The minimum absolute atomic E-state index is 0.168. The number of furan rings is 1. The van der Waals surface area contributed by atoms with Crippen molar-refractivity contribution in [3.63, 3.8) is 0 Å². The van der Waals surface area contributed by atoms with Crippen LogP contribution in [0.2, 0.25) is 0 Å². The highest BCUT2D eigenvalue weighted by atomic mass is 16.5. The zero-order valence-corrected chi connectivity index (χ0v) is 11.6. The number of nitrogens with one attached hydrogen (secondary N) is 1. The van der Waals surface area contributed by atoms with E-state index in [4.69, 9.17) is 9.15 Å². The summed E-state index contributed by atoms with van der Waals surface area (Å²) in [6.45, 7) is 4.45. The first kappa shape index (κ1) is 14.7. The lowest BCUT2D eigenvalue weighted by Crippen LogP contribution is -2.19. The Labute approximate surface area is 123 Å². The van der Waals surface area contributed by atoms with Gasteiger partial charge in [-0.25, -0.2) is 0 Å². The number of hydrogen-bond donors (Lipinski definition) is 1. The maximum atomic E-state index is 11.6. The van der Waals surface area contributed by atoms with E-state index in [-0.39, 0.29) is 5.91 Å². The molecule has 0 radical (unpaired) electrons. The zero-order chi connectivity index (χ0) is 14.9. The van der Waals surface area contributed by atoms with Crippen LogP contribution in [-0.2, 0) is 11.3 Å². The van der Waals surface area contributed by atoms with Crippen LogP contribution in [0.1, 0.15) is 11.3 Å². The maximum Gasteiger partial charge on any atom is 0.244 e. The minimum Gasteiger partial charge on any atom is -0.490 e.